The summed E-state index contributed by atoms with van der Waals surface area (Å²) < 4.78 is 0. The summed E-state index contributed by atoms with van der Waals surface area (Å²) in [5.41, 5.74) is 1.71. The molecule has 0 radical (unpaired) electrons. The number of carbonyl (C=O) groups is 1. The third-order valence-corrected chi connectivity index (χ3v) is 4.13. The van der Waals surface area contributed by atoms with Crippen LogP contribution in [0.15, 0.2) is 4.79 Å². The first-order valence-corrected chi connectivity index (χ1v) is 8.14. The Balaban J connectivity index is 2.69. The topological polar surface area (TPSA) is 106 Å². The van der Waals surface area contributed by atoms with Crippen LogP contribution in [0.25, 0.3) is 0 Å². The van der Waals surface area contributed by atoms with Gasteiger partial charge in [-0.2, -0.15) is 5.26 Å². The van der Waals surface area contributed by atoms with Gasteiger partial charge in [0.25, 0.3) is 5.56 Å². The summed E-state index contributed by atoms with van der Waals surface area (Å²) in [6.45, 7) is 9.72. The number of aryl methyl sites for hydroxylation is 1. The lowest BCUT2D eigenvalue weighted by atomic mass is 9.87. The maximum atomic E-state index is 12.1. The molecule has 132 valence electrons. The summed E-state index contributed by atoms with van der Waals surface area (Å²) in [6.07, 6.45) is 0.944. The van der Waals surface area contributed by atoms with Gasteiger partial charge in [0.05, 0.1) is 6.10 Å². The van der Waals surface area contributed by atoms with Crippen LogP contribution in [-0.2, 0) is 11.2 Å². The van der Waals surface area contributed by atoms with E-state index in [1.807, 2.05) is 19.9 Å². The molecule has 3 N–H and O–H groups in total. The third kappa shape index (κ3) is 5.50. The van der Waals surface area contributed by atoms with Gasteiger partial charge in [0, 0.05) is 18.7 Å². The number of pyridine rings is 1. The monoisotopic (exact) mass is 333 g/mol. The minimum absolute atomic E-state index is 0.0859. The van der Waals surface area contributed by atoms with E-state index in [4.69, 9.17) is 5.26 Å². The zero-order chi connectivity index (χ0) is 18.5. The van der Waals surface area contributed by atoms with Crippen molar-refractivity contribution in [2.24, 2.45) is 5.41 Å². The number of H-pyrrole nitrogens is 1. The van der Waals surface area contributed by atoms with Crippen LogP contribution in [0.5, 0.6) is 0 Å². The Morgan fingerprint density at radius 2 is 2.04 bits per heavy atom. The second kappa shape index (κ2) is 8.11. The minimum Gasteiger partial charge on any atom is -0.393 e. The molecule has 1 atom stereocenters. The molecule has 1 aromatic rings. The summed E-state index contributed by atoms with van der Waals surface area (Å²) in [4.78, 5) is 26.5. The summed E-state index contributed by atoms with van der Waals surface area (Å²) in [5.74, 6) is -0.0859. The highest BCUT2D eigenvalue weighted by atomic mass is 16.3. The molecule has 1 amide bonds. The Kier molecular flexibility index (Phi) is 6.73. The summed E-state index contributed by atoms with van der Waals surface area (Å²) >= 11 is 0. The van der Waals surface area contributed by atoms with E-state index in [0.29, 0.717) is 30.6 Å². The van der Waals surface area contributed by atoms with Crippen molar-refractivity contribution in [3.63, 3.8) is 0 Å². The third-order valence-electron chi connectivity index (χ3n) is 4.13. The highest BCUT2D eigenvalue weighted by Gasteiger charge is 2.21. The van der Waals surface area contributed by atoms with E-state index >= 15 is 0 Å². The van der Waals surface area contributed by atoms with Crippen molar-refractivity contribution in [1.29, 1.82) is 5.26 Å². The highest BCUT2D eigenvalue weighted by molar-refractivity contribution is 5.76. The van der Waals surface area contributed by atoms with E-state index in [9.17, 15) is 14.7 Å². The molecular formula is C18H27N3O3. The normalized spacial score (nSPS) is 12.5. The van der Waals surface area contributed by atoms with Crippen molar-refractivity contribution in [3.05, 3.63) is 32.7 Å². The van der Waals surface area contributed by atoms with Gasteiger partial charge in [-0.25, -0.2) is 0 Å². The van der Waals surface area contributed by atoms with Crippen molar-refractivity contribution in [3.8, 4) is 6.07 Å². The van der Waals surface area contributed by atoms with Crippen LogP contribution in [0, 0.1) is 30.6 Å². The molecule has 0 aliphatic carbocycles. The van der Waals surface area contributed by atoms with Crippen molar-refractivity contribution >= 4 is 5.91 Å². The lowest BCUT2D eigenvalue weighted by Gasteiger charge is -2.26. The number of nitrogens with zero attached hydrogens (tertiary/aromatic N) is 1. The van der Waals surface area contributed by atoms with Gasteiger partial charge in [0.2, 0.25) is 5.91 Å². The molecule has 0 spiro atoms. The fourth-order valence-electron chi connectivity index (χ4n) is 2.96. The Morgan fingerprint density at radius 1 is 1.42 bits per heavy atom. The number of rotatable bonds is 7. The maximum absolute atomic E-state index is 12.1. The molecular weight excluding hydrogens is 306 g/mol. The molecule has 0 saturated carbocycles. The van der Waals surface area contributed by atoms with Gasteiger partial charge in [-0.05, 0) is 50.2 Å². The fourth-order valence-corrected chi connectivity index (χ4v) is 2.96. The fraction of sp³-hybridized carbons (Fsp3) is 0.611. The molecule has 6 nitrogen and oxygen atoms in total. The van der Waals surface area contributed by atoms with Crippen molar-refractivity contribution < 1.29 is 9.90 Å². The van der Waals surface area contributed by atoms with Crippen molar-refractivity contribution in [2.75, 3.05) is 6.54 Å². The second-order valence-corrected chi connectivity index (χ2v) is 7.16. The average molecular weight is 333 g/mol. The number of aliphatic hydroxyl groups is 1. The van der Waals surface area contributed by atoms with E-state index in [1.165, 1.54) is 0 Å². The van der Waals surface area contributed by atoms with Crippen LogP contribution in [0.2, 0.25) is 0 Å². The first-order valence-electron chi connectivity index (χ1n) is 8.14. The lowest BCUT2D eigenvalue weighted by molar-refractivity contribution is -0.121. The zero-order valence-electron chi connectivity index (χ0n) is 15.1. The van der Waals surface area contributed by atoms with Crippen molar-refractivity contribution in [1.82, 2.24) is 10.3 Å². The average Bonchev–Trinajstić information content (AvgIpc) is 2.43. The van der Waals surface area contributed by atoms with E-state index in [1.54, 1.807) is 20.8 Å². The van der Waals surface area contributed by atoms with Crippen LogP contribution in [0.4, 0.5) is 0 Å². The number of hydrogen-bond acceptors (Lipinski definition) is 4. The highest BCUT2D eigenvalue weighted by Crippen LogP contribution is 2.21. The predicted molar refractivity (Wildman–Crippen MR) is 92.7 cm³/mol. The Labute approximate surface area is 142 Å². The van der Waals surface area contributed by atoms with Gasteiger partial charge in [-0.3, -0.25) is 9.59 Å². The van der Waals surface area contributed by atoms with E-state index in [-0.39, 0.29) is 28.9 Å². The van der Waals surface area contributed by atoms with Gasteiger partial charge in [0.1, 0.15) is 11.6 Å². The standard InChI is InChI=1S/C18H27N3O3/c1-11(22)8-18(4,5)10-20-16(23)7-6-14-12(2)15(9-19)17(24)21-13(14)3/h11,22H,6-8,10H2,1-5H3,(H,20,23)(H,21,24). The quantitative estimate of drug-likeness (QED) is 0.706. The molecule has 0 aliphatic rings. The van der Waals surface area contributed by atoms with Crippen LogP contribution in [0.1, 0.15) is 56.0 Å². The van der Waals surface area contributed by atoms with Crippen LogP contribution in [-0.4, -0.2) is 28.6 Å². The van der Waals surface area contributed by atoms with Crippen LogP contribution >= 0.6 is 0 Å². The number of aromatic nitrogens is 1. The molecule has 0 aromatic carbocycles. The molecule has 1 aromatic heterocycles. The molecule has 0 saturated heterocycles. The Morgan fingerprint density at radius 3 is 2.58 bits per heavy atom. The summed E-state index contributed by atoms with van der Waals surface area (Å²) in [5, 5.41) is 21.4. The SMILES string of the molecule is Cc1[nH]c(=O)c(C#N)c(C)c1CCC(=O)NCC(C)(C)CC(C)O. The summed E-state index contributed by atoms with van der Waals surface area (Å²) in [7, 11) is 0. The molecule has 1 heterocycles. The number of nitrogens with one attached hydrogen (secondary N) is 2. The largest absolute Gasteiger partial charge is 0.393 e. The summed E-state index contributed by atoms with van der Waals surface area (Å²) in [6, 6.07) is 1.91. The molecule has 1 rings (SSSR count). The molecule has 1 unspecified atom stereocenters. The lowest BCUT2D eigenvalue weighted by Crippen LogP contribution is -2.35. The van der Waals surface area contributed by atoms with E-state index in [0.717, 1.165) is 5.56 Å². The van der Waals surface area contributed by atoms with Gasteiger partial charge >= 0.3 is 0 Å². The number of amides is 1. The molecule has 6 heteroatoms. The zero-order valence-corrected chi connectivity index (χ0v) is 15.1. The second-order valence-electron chi connectivity index (χ2n) is 7.16. The van der Waals surface area contributed by atoms with Gasteiger partial charge in [0.15, 0.2) is 0 Å². The molecule has 0 aliphatic heterocycles. The number of hydrogen-bond donors (Lipinski definition) is 3. The maximum Gasteiger partial charge on any atom is 0.266 e. The number of aliphatic hydroxyl groups excluding tert-OH is 1. The van der Waals surface area contributed by atoms with Gasteiger partial charge < -0.3 is 15.4 Å². The molecule has 0 fully saturated rings. The van der Waals surface area contributed by atoms with Crippen LogP contribution in [0.3, 0.4) is 0 Å². The molecule has 0 bridgehead atoms. The number of nitriles is 1. The number of carbonyl (C=O) groups excluding carboxylic acids is 1. The minimum atomic E-state index is -0.409. The van der Waals surface area contributed by atoms with Crippen LogP contribution < -0.4 is 10.9 Å². The van der Waals surface area contributed by atoms with E-state index < -0.39 is 6.10 Å². The Bertz CT molecular complexity index is 697. The first-order chi connectivity index (χ1) is 11.1. The van der Waals surface area contributed by atoms with E-state index in [2.05, 4.69) is 10.3 Å². The van der Waals surface area contributed by atoms with Gasteiger partial charge in [-0.15, -0.1) is 0 Å². The first kappa shape index (κ1) is 19.9. The number of aromatic amines is 1. The van der Waals surface area contributed by atoms with Crippen molar-refractivity contribution in [2.45, 2.75) is 60.0 Å². The predicted octanol–water partition coefficient (Wildman–Crippen LogP) is 1.71. The van der Waals surface area contributed by atoms with Gasteiger partial charge in [-0.1, -0.05) is 13.8 Å². The smallest absolute Gasteiger partial charge is 0.266 e. The Hall–Kier alpha value is -2.13. The molecule has 24 heavy (non-hydrogen) atoms.